The highest BCUT2D eigenvalue weighted by molar-refractivity contribution is 6.04. The second kappa shape index (κ2) is 9.85. The number of rotatable bonds is 8. The van der Waals surface area contributed by atoms with Gasteiger partial charge in [-0.15, -0.1) is 0 Å². The third-order valence-electron chi connectivity index (χ3n) is 3.40. The lowest BCUT2D eigenvalue weighted by Gasteiger charge is -2.12. The molecular weight excluding hydrogens is 326 g/mol. The summed E-state index contributed by atoms with van der Waals surface area (Å²) in [6.07, 6.45) is 0.865. The van der Waals surface area contributed by atoms with E-state index in [0.29, 0.717) is 36.8 Å². The van der Waals surface area contributed by atoms with Crippen LogP contribution in [0.4, 0.5) is 0 Å². The maximum atomic E-state index is 12.4. The minimum Gasteiger partial charge on any atom is -0.463 e. The van der Waals surface area contributed by atoms with Gasteiger partial charge in [0.2, 0.25) is 6.79 Å². The first-order valence-electron chi connectivity index (χ1n) is 8.12. The Labute approximate surface area is 147 Å². The number of benzene rings is 1. The normalized spacial score (nSPS) is 13.2. The lowest BCUT2D eigenvalue weighted by Crippen LogP contribution is -2.33. The van der Waals surface area contributed by atoms with Gasteiger partial charge in [0, 0.05) is 19.2 Å². The number of nitrogens with one attached hydrogen (secondary N) is 1. The summed E-state index contributed by atoms with van der Waals surface area (Å²) in [6.45, 7) is 2.35. The van der Waals surface area contributed by atoms with E-state index in [1.807, 2.05) is 14.1 Å². The fourth-order valence-electron chi connectivity index (χ4n) is 2.12. The molecule has 1 amide bonds. The van der Waals surface area contributed by atoms with Crippen molar-refractivity contribution in [3.05, 3.63) is 23.8 Å². The molecule has 0 saturated carbocycles. The van der Waals surface area contributed by atoms with Crippen LogP contribution in [-0.4, -0.2) is 71.1 Å². The Morgan fingerprint density at radius 3 is 2.84 bits per heavy atom. The molecule has 0 radical (unpaired) electrons. The first-order chi connectivity index (χ1) is 12.1. The number of nitrogens with zero attached hydrogens (tertiary/aromatic N) is 2. The van der Waals surface area contributed by atoms with E-state index in [2.05, 4.69) is 15.2 Å². The van der Waals surface area contributed by atoms with E-state index in [4.69, 9.17) is 18.9 Å². The van der Waals surface area contributed by atoms with Crippen LogP contribution in [0.15, 0.2) is 23.2 Å². The molecule has 0 spiro atoms. The van der Waals surface area contributed by atoms with Gasteiger partial charge in [0.15, 0.2) is 11.5 Å². The van der Waals surface area contributed by atoms with Crippen molar-refractivity contribution in [3.8, 4) is 11.5 Å². The van der Waals surface area contributed by atoms with E-state index in [-0.39, 0.29) is 18.7 Å². The summed E-state index contributed by atoms with van der Waals surface area (Å²) in [5, 5.41) is 2.69. The van der Waals surface area contributed by atoms with Gasteiger partial charge in [0.05, 0.1) is 6.61 Å². The van der Waals surface area contributed by atoms with Crippen molar-refractivity contribution in [3.63, 3.8) is 0 Å². The van der Waals surface area contributed by atoms with Crippen molar-refractivity contribution in [1.82, 2.24) is 10.2 Å². The molecule has 1 aliphatic rings. The molecule has 0 unspecified atom stereocenters. The summed E-state index contributed by atoms with van der Waals surface area (Å²) in [7, 11) is 5.59. The Hall–Kier alpha value is -2.32. The van der Waals surface area contributed by atoms with Gasteiger partial charge < -0.3 is 23.8 Å². The molecule has 0 bridgehead atoms. The Morgan fingerprint density at radius 1 is 1.28 bits per heavy atom. The summed E-state index contributed by atoms with van der Waals surface area (Å²) in [4.78, 5) is 18.8. The third kappa shape index (κ3) is 6.24. The largest absolute Gasteiger partial charge is 0.463 e. The number of fused-ring (bicyclic) bond motifs is 1. The lowest BCUT2D eigenvalue weighted by atomic mass is 10.2. The molecule has 8 heteroatoms. The zero-order chi connectivity index (χ0) is 18.1. The lowest BCUT2D eigenvalue weighted by molar-refractivity contribution is 0.0953. The first kappa shape index (κ1) is 19.0. The SMILES string of the molecule is COCCOC(=NCCCN(C)C)NC(=O)c1ccc2c(c1)OCO2. The third-order valence-corrected chi connectivity index (χ3v) is 3.40. The topological polar surface area (TPSA) is 81.6 Å². The molecule has 1 N–H and O–H groups in total. The van der Waals surface area contributed by atoms with Crippen molar-refractivity contribution < 1.29 is 23.7 Å². The Bertz CT molecular complexity index is 604. The predicted octanol–water partition coefficient (Wildman–Crippen LogP) is 1.12. The van der Waals surface area contributed by atoms with Crippen molar-refractivity contribution in [2.24, 2.45) is 4.99 Å². The molecule has 1 aromatic rings. The van der Waals surface area contributed by atoms with Crippen molar-refractivity contribution in [2.75, 3.05) is 54.3 Å². The molecule has 138 valence electrons. The van der Waals surface area contributed by atoms with Gasteiger partial charge in [-0.25, -0.2) is 4.99 Å². The minimum absolute atomic E-state index is 0.166. The number of ether oxygens (including phenoxy) is 4. The fourth-order valence-corrected chi connectivity index (χ4v) is 2.12. The van der Waals surface area contributed by atoms with Crippen LogP contribution in [0.2, 0.25) is 0 Å². The van der Waals surface area contributed by atoms with Gasteiger partial charge in [0.1, 0.15) is 6.61 Å². The van der Waals surface area contributed by atoms with E-state index >= 15 is 0 Å². The average Bonchev–Trinajstić information content (AvgIpc) is 3.06. The molecule has 0 saturated heterocycles. The molecule has 2 rings (SSSR count). The molecule has 8 nitrogen and oxygen atoms in total. The number of amidine groups is 1. The van der Waals surface area contributed by atoms with E-state index in [0.717, 1.165) is 13.0 Å². The van der Waals surface area contributed by atoms with Crippen molar-refractivity contribution >= 4 is 11.9 Å². The van der Waals surface area contributed by atoms with Crippen LogP contribution in [-0.2, 0) is 9.47 Å². The summed E-state index contributed by atoms with van der Waals surface area (Å²) in [6, 6.07) is 5.20. The summed E-state index contributed by atoms with van der Waals surface area (Å²) in [5.74, 6) is 0.866. The Balaban J connectivity index is 1.96. The van der Waals surface area contributed by atoms with E-state index in [1.165, 1.54) is 0 Å². The van der Waals surface area contributed by atoms with Crippen molar-refractivity contribution in [2.45, 2.75) is 6.42 Å². The van der Waals surface area contributed by atoms with Crippen LogP contribution in [0.1, 0.15) is 16.8 Å². The van der Waals surface area contributed by atoms with Gasteiger partial charge >= 0.3 is 0 Å². The predicted molar refractivity (Wildman–Crippen MR) is 93.3 cm³/mol. The van der Waals surface area contributed by atoms with Gasteiger partial charge in [-0.2, -0.15) is 0 Å². The number of amides is 1. The Kier molecular flexibility index (Phi) is 7.49. The summed E-state index contributed by atoms with van der Waals surface area (Å²) < 4.78 is 21.0. The zero-order valence-corrected chi connectivity index (χ0v) is 14.9. The van der Waals surface area contributed by atoms with Crippen LogP contribution in [0, 0.1) is 0 Å². The Morgan fingerprint density at radius 2 is 2.08 bits per heavy atom. The average molecular weight is 351 g/mol. The zero-order valence-electron chi connectivity index (χ0n) is 14.9. The molecule has 0 aliphatic carbocycles. The number of carbonyl (C=O) groups excluding carboxylic acids is 1. The van der Waals surface area contributed by atoms with Gasteiger partial charge in [-0.05, 0) is 45.3 Å². The highest BCUT2D eigenvalue weighted by atomic mass is 16.7. The maximum Gasteiger partial charge on any atom is 0.291 e. The van der Waals surface area contributed by atoms with E-state index in [1.54, 1.807) is 25.3 Å². The molecule has 25 heavy (non-hydrogen) atoms. The van der Waals surface area contributed by atoms with Crippen LogP contribution < -0.4 is 14.8 Å². The first-order valence-corrected chi connectivity index (χ1v) is 8.12. The number of hydrogen-bond donors (Lipinski definition) is 1. The number of hydrogen-bond acceptors (Lipinski definition) is 7. The molecule has 1 heterocycles. The van der Waals surface area contributed by atoms with Gasteiger partial charge in [-0.1, -0.05) is 0 Å². The smallest absolute Gasteiger partial charge is 0.291 e. The molecule has 1 aliphatic heterocycles. The molecule has 0 aromatic heterocycles. The van der Waals surface area contributed by atoms with E-state index < -0.39 is 0 Å². The van der Waals surface area contributed by atoms with Crippen LogP contribution in [0.5, 0.6) is 11.5 Å². The van der Waals surface area contributed by atoms with E-state index in [9.17, 15) is 4.79 Å². The number of methoxy groups -OCH3 is 1. The quantitative estimate of drug-likeness (QED) is 0.429. The maximum absolute atomic E-state index is 12.4. The molecular formula is C17H25N3O5. The van der Waals surface area contributed by atoms with Crippen LogP contribution >= 0.6 is 0 Å². The second-order valence-corrected chi connectivity index (χ2v) is 5.71. The second-order valence-electron chi connectivity index (χ2n) is 5.71. The minimum atomic E-state index is -0.318. The standard InChI is InChI=1S/C17H25N3O5/c1-20(2)8-4-7-18-17(23-10-9-22-3)19-16(21)13-5-6-14-15(11-13)25-12-24-14/h5-6,11H,4,7-10,12H2,1-3H3,(H,18,19,21). The molecule has 0 atom stereocenters. The summed E-state index contributed by atoms with van der Waals surface area (Å²) in [5.41, 5.74) is 0.445. The fraction of sp³-hybridized carbons (Fsp3) is 0.529. The monoisotopic (exact) mass is 351 g/mol. The highest BCUT2D eigenvalue weighted by Gasteiger charge is 2.17. The van der Waals surface area contributed by atoms with Gasteiger partial charge in [-0.3, -0.25) is 10.1 Å². The summed E-state index contributed by atoms with van der Waals surface area (Å²) >= 11 is 0. The molecule has 0 fully saturated rings. The van der Waals surface area contributed by atoms with Crippen molar-refractivity contribution in [1.29, 1.82) is 0 Å². The van der Waals surface area contributed by atoms with Gasteiger partial charge in [0.25, 0.3) is 11.9 Å². The highest BCUT2D eigenvalue weighted by Crippen LogP contribution is 2.32. The van der Waals surface area contributed by atoms with Crippen LogP contribution in [0.25, 0.3) is 0 Å². The number of aliphatic imine (C=N–C) groups is 1. The van der Waals surface area contributed by atoms with Crippen LogP contribution in [0.3, 0.4) is 0 Å². The molecule has 1 aromatic carbocycles. The number of carbonyl (C=O) groups is 1.